The molecule has 1 rings (SSSR count). The molecule has 96 valence electrons. The standard InChI is InChI=1S/C14H23NO2/c1-10(2)17-14-11(3)12(8-15(4)5)6-7-13(14)9-16/h6-7,10,16H,8-9H2,1-5H3. The van der Waals surface area contributed by atoms with E-state index in [2.05, 4.69) is 17.9 Å². The summed E-state index contributed by atoms with van der Waals surface area (Å²) in [6.07, 6.45) is 0.119. The summed E-state index contributed by atoms with van der Waals surface area (Å²) in [5, 5.41) is 9.34. The molecule has 0 heterocycles. The molecule has 1 aromatic carbocycles. The van der Waals surface area contributed by atoms with Gasteiger partial charge in [0.1, 0.15) is 5.75 Å². The van der Waals surface area contributed by atoms with Gasteiger partial charge in [-0.1, -0.05) is 12.1 Å². The van der Waals surface area contributed by atoms with Gasteiger partial charge in [-0.3, -0.25) is 0 Å². The minimum absolute atomic E-state index is 0.0190. The summed E-state index contributed by atoms with van der Waals surface area (Å²) in [6.45, 7) is 6.95. The van der Waals surface area contributed by atoms with E-state index in [0.29, 0.717) is 0 Å². The van der Waals surface area contributed by atoms with Crippen molar-refractivity contribution in [2.75, 3.05) is 14.1 Å². The molecule has 0 spiro atoms. The van der Waals surface area contributed by atoms with Crippen LogP contribution in [0.1, 0.15) is 30.5 Å². The van der Waals surface area contributed by atoms with Crippen LogP contribution < -0.4 is 4.74 Å². The molecule has 0 saturated carbocycles. The van der Waals surface area contributed by atoms with Crippen molar-refractivity contribution in [1.82, 2.24) is 4.90 Å². The van der Waals surface area contributed by atoms with Crippen molar-refractivity contribution in [2.45, 2.75) is 40.0 Å². The normalized spacial score (nSPS) is 11.3. The van der Waals surface area contributed by atoms with Crippen LogP contribution in [0.3, 0.4) is 0 Å². The number of ether oxygens (including phenoxy) is 1. The number of aliphatic hydroxyl groups is 1. The van der Waals surface area contributed by atoms with Gasteiger partial charge in [0.2, 0.25) is 0 Å². The second-order valence-corrected chi connectivity index (χ2v) is 4.90. The maximum Gasteiger partial charge on any atom is 0.128 e. The molecule has 1 N–H and O–H groups in total. The van der Waals surface area contributed by atoms with Gasteiger partial charge in [-0.05, 0) is 46.0 Å². The topological polar surface area (TPSA) is 32.7 Å². The Morgan fingerprint density at radius 2 is 1.82 bits per heavy atom. The van der Waals surface area contributed by atoms with Gasteiger partial charge >= 0.3 is 0 Å². The predicted octanol–water partition coefficient (Wildman–Crippen LogP) is 2.34. The molecule has 0 unspecified atom stereocenters. The predicted molar refractivity (Wildman–Crippen MR) is 70.3 cm³/mol. The van der Waals surface area contributed by atoms with Crippen molar-refractivity contribution >= 4 is 0 Å². The summed E-state index contributed by atoms with van der Waals surface area (Å²) < 4.78 is 5.81. The van der Waals surface area contributed by atoms with Crippen molar-refractivity contribution < 1.29 is 9.84 Å². The number of aliphatic hydroxyl groups excluding tert-OH is 1. The van der Waals surface area contributed by atoms with E-state index in [4.69, 9.17) is 4.74 Å². The lowest BCUT2D eigenvalue weighted by Crippen LogP contribution is -2.14. The maximum atomic E-state index is 9.34. The highest BCUT2D eigenvalue weighted by Crippen LogP contribution is 2.28. The third kappa shape index (κ3) is 3.72. The molecular weight excluding hydrogens is 214 g/mol. The molecule has 0 fully saturated rings. The Balaban J connectivity index is 3.12. The van der Waals surface area contributed by atoms with E-state index < -0.39 is 0 Å². The Bertz CT molecular complexity index is 373. The summed E-state index contributed by atoms with van der Waals surface area (Å²) in [7, 11) is 4.09. The molecular formula is C14H23NO2. The molecule has 0 aromatic heterocycles. The van der Waals surface area contributed by atoms with Gasteiger partial charge < -0.3 is 14.7 Å². The molecule has 0 aliphatic carbocycles. The number of nitrogens with zero attached hydrogens (tertiary/aromatic N) is 1. The first-order valence-electron chi connectivity index (χ1n) is 5.99. The van der Waals surface area contributed by atoms with E-state index in [9.17, 15) is 5.11 Å². The molecule has 0 bridgehead atoms. The van der Waals surface area contributed by atoms with Crippen molar-refractivity contribution in [3.8, 4) is 5.75 Å². The van der Waals surface area contributed by atoms with E-state index in [1.165, 1.54) is 5.56 Å². The van der Waals surface area contributed by atoms with Crippen LogP contribution in [0.25, 0.3) is 0 Å². The van der Waals surface area contributed by atoms with E-state index >= 15 is 0 Å². The molecule has 0 saturated heterocycles. The Hall–Kier alpha value is -1.06. The molecule has 17 heavy (non-hydrogen) atoms. The van der Waals surface area contributed by atoms with Crippen molar-refractivity contribution in [1.29, 1.82) is 0 Å². The fourth-order valence-corrected chi connectivity index (χ4v) is 1.82. The van der Waals surface area contributed by atoms with Crippen molar-refractivity contribution in [3.05, 3.63) is 28.8 Å². The molecule has 0 amide bonds. The average molecular weight is 237 g/mol. The number of hydrogen-bond acceptors (Lipinski definition) is 3. The van der Waals surface area contributed by atoms with Crippen LogP contribution in [0.5, 0.6) is 5.75 Å². The highest BCUT2D eigenvalue weighted by Gasteiger charge is 2.12. The summed E-state index contributed by atoms with van der Waals surface area (Å²) in [4.78, 5) is 2.13. The van der Waals surface area contributed by atoms with E-state index in [0.717, 1.165) is 23.4 Å². The quantitative estimate of drug-likeness (QED) is 0.853. The summed E-state index contributed by atoms with van der Waals surface area (Å²) >= 11 is 0. The lowest BCUT2D eigenvalue weighted by Gasteiger charge is -2.20. The van der Waals surface area contributed by atoms with E-state index in [1.54, 1.807) is 0 Å². The van der Waals surface area contributed by atoms with Gasteiger partial charge in [0.05, 0.1) is 12.7 Å². The number of rotatable bonds is 5. The van der Waals surface area contributed by atoms with Crippen molar-refractivity contribution in [3.63, 3.8) is 0 Å². The van der Waals surface area contributed by atoms with Crippen molar-refractivity contribution in [2.24, 2.45) is 0 Å². The minimum Gasteiger partial charge on any atom is -0.490 e. The Labute approximate surface area is 104 Å². The van der Waals surface area contributed by atoms with E-state index in [-0.39, 0.29) is 12.7 Å². The molecule has 0 aliphatic heterocycles. The zero-order valence-electron chi connectivity index (χ0n) is 11.4. The number of hydrogen-bond donors (Lipinski definition) is 1. The first kappa shape index (κ1) is 14.0. The highest BCUT2D eigenvalue weighted by molar-refractivity contribution is 5.45. The Morgan fingerprint density at radius 1 is 1.24 bits per heavy atom. The lowest BCUT2D eigenvalue weighted by atomic mass is 10.0. The average Bonchev–Trinajstić information content (AvgIpc) is 2.23. The Morgan fingerprint density at radius 3 is 2.29 bits per heavy atom. The molecule has 3 nitrogen and oxygen atoms in total. The fraction of sp³-hybridized carbons (Fsp3) is 0.571. The van der Waals surface area contributed by atoms with Crippen LogP contribution in [0.15, 0.2) is 12.1 Å². The zero-order chi connectivity index (χ0) is 13.0. The Kier molecular flexibility index (Phi) is 4.97. The smallest absolute Gasteiger partial charge is 0.128 e. The van der Waals surface area contributed by atoms with Crippen LogP contribution in [0.2, 0.25) is 0 Å². The van der Waals surface area contributed by atoms with Gasteiger partial charge in [0.25, 0.3) is 0 Å². The van der Waals surface area contributed by atoms with Crippen LogP contribution in [0, 0.1) is 6.92 Å². The van der Waals surface area contributed by atoms with Gasteiger partial charge in [-0.25, -0.2) is 0 Å². The molecule has 0 aliphatic rings. The van der Waals surface area contributed by atoms with Gasteiger partial charge in [0, 0.05) is 12.1 Å². The highest BCUT2D eigenvalue weighted by atomic mass is 16.5. The van der Waals surface area contributed by atoms with Crippen LogP contribution in [0.4, 0.5) is 0 Å². The molecule has 0 radical (unpaired) electrons. The zero-order valence-corrected chi connectivity index (χ0v) is 11.4. The fourth-order valence-electron chi connectivity index (χ4n) is 1.82. The van der Waals surface area contributed by atoms with Crippen LogP contribution in [-0.4, -0.2) is 30.2 Å². The van der Waals surface area contributed by atoms with Crippen LogP contribution >= 0.6 is 0 Å². The van der Waals surface area contributed by atoms with E-state index in [1.807, 2.05) is 34.0 Å². The summed E-state index contributed by atoms with van der Waals surface area (Å²) in [6, 6.07) is 4.01. The third-order valence-electron chi connectivity index (χ3n) is 2.61. The molecule has 1 aromatic rings. The van der Waals surface area contributed by atoms with Gasteiger partial charge in [0.15, 0.2) is 0 Å². The lowest BCUT2D eigenvalue weighted by molar-refractivity contribution is 0.223. The maximum absolute atomic E-state index is 9.34. The summed E-state index contributed by atoms with van der Waals surface area (Å²) in [5.74, 6) is 0.835. The molecule has 3 heteroatoms. The minimum atomic E-state index is 0.0190. The first-order chi connectivity index (χ1) is 7.95. The second-order valence-electron chi connectivity index (χ2n) is 4.90. The SMILES string of the molecule is Cc1c(CN(C)C)ccc(CO)c1OC(C)C. The van der Waals surface area contributed by atoms with Gasteiger partial charge in [-0.15, -0.1) is 0 Å². The monoisotopic (exact) mass is 237 g/mol. The largest absolute Gasteiger partial charge is 0.490 e. The number of benzene rings is 1. The second kappa shape index (κ2) is 6.03. The molecule has 0 atom stereocenters. The van der Waals surface area contributed by atoms with Gasteiger partial charge in [-0.2, -0.15) is 0 Å². The summed E-state index contributed by atoms with van der Waals surface area (Å²) in [5.41, 5.74) is 3.22. The van der Waals surface area contributed by atoms with Crippen LogP contribution in [-0.2, 0) is 13.2 Å². The first-order valence-corrected chi connectivity index (χ1v) is 5.99. The third-order valence-corrected chi connectivity index (χ3v) is 2.61.